The van der Waals surface area contributed by atoms with Crippen molar-refractivity contribution in [2.75, 3.05) is 0 Å². The van der Waals surface area contributed by atoms with E-state index in [-0.39, 0.29) is 67.6 Å². The molecule has 16 nitrogen and oxygen atoms in total. The van der Waals surface area contributed by atoms with Crippen LogP contribution in [0.15, 0.2) is 166 Å². The van der Waals surface area contributed by atoms with Gasteiger partial charge in [0.05, 0.1) is 0 Å². The number of Topliss-reactive ketones (excluding diaryl/α,β-unsaturated/α-hetero) is 4. The van der Waals surface area contributed by atoms with Crippen LogP contribution in [-0.4, -0.2) is 69.9 Å². The average molecular weight is 1510 g/mol. The van der Waals surface area contributed by atoms with E-state index in [4.69, 9.17) is 0 Å². The van der Waals surface area contributed by atoms with Gasteiger partial charge in [-0.3, -0.25) is 19.2 Å². The van der Waals surface area contributed by atoms with Crippen LogP contribution in [0.3, 0.4) is 0 Å². The van der Waals surface area contributed by atoms with Gasteiger partial charge in [0.1, 0.15) is 22.8 Å². The minimum atomic E-state index is -0.548. The maximum absolute atomic E-state index is 13.0. The molecule has 0 amide bonds. The summed E-state index contributed by atoms with van der Waals surface area (Å²) in [7, 11) is 0. The maximum Gasteiger partial charge on any atom is 0.331 e. The summed E-state index contributed by atoms with van der Waals surface area (Å²) in [6.07, 6.45) is 12.9. The molecule has 0 saturated carbocycles. The van der Waals surface area contributed by atoms with Gasteiger partial charge in [-0.05, 0) is 207 Å². The second-order valence-corrected chi connectivity index (χ2v) is 30.9. The molecule has 112 heavy (non-hydrogen) atoms. The molecule has 4 aliphatic rings. The second kappa shape index (κ2) is 36.0. The molecule has 0 atom stereocenters. The van der Waals surface area contributed by atoms with Gasteiger partial charge >= 0.3 is 23.9 Å². The Hall–Kier alpha value is -11.0. The topological polar surface area (TPSA) is 223 Å². The van der Waals surface area contributed by atoms with Crippen molar-refractivity contribution in [1.29, 1.82) is 0 Å². The molecule has 0 unspecified atom stereocenters. The zero-order chi connectivity index (χ0) is 81.9. The molecular weight excluding hydrogens is 1400 g/mol. The summed E-state index contributed by atoms with van der Waals surface area (Å²) in [5.74, 6) is -3.07. The first-order valence-corrected chi connectivity index (χ1v) is 39.3. The Kier molecular flexibility index (Phi) is 27.3. The molecule has 0 N–H and O–H groups in total. The van der Waals surface area contributed by atoms with E-state index in [1.54, 1.807) is 33.8 Å². The zero-order valence-electron chi connectivity index (χ0n) is 69.0. The fourth-order valence-corrected chi connectivity index (χ4v) is 16.9. The molecule has 0 spiro atoms. The van der Waals surface area contributed by atoms with Crippen LogP contribution in [0.5, 0.6) is 0 Å². The van der Waals surface area contributed by atoms with Crippen molar-refractivity contribution in [1.82, 2.24) is 0 Å². The van der Waals surface area contributed by atoms with Gasteiger partial charge in [0.25, 0.3) is 0 Å². The normalized spacial score (nSPS) is 14.4. The van der Waals surface area contributed by atoms with Gasteiger partial charge in [-0.15, -0.1) is 0 Å². The van der Waals surface area contributed by atoms with E-state index in [2.05, 4.69) is 214 Å². The highest BCUT2D eigenvalue weighted by atomic mass is 16.7. The Morgan fingerprint density at radius 2 is 0.491 bits per heavy atom. The summed E-state index contributed by atoms with van der Waals surface area (Å²) in [6.45, 7) is 37.4. The molecule has 0 saturated heterocycles. The van der Waals surface area contributed by atoms with Crippen LogP contribution in [0.4, 0.5) is 0 Å². The van der Waals surface area contributed by atoms with Crippen LogP contribution in [0, 0.1) is 27.7 Å². The lowest BCUT2D eigenvalue weighted by molar-refractivity contribution is -0.141. The molecule has 0 radical (unpaired) electrons. The van der Waals surface area contributed by atoms with E-state index >= 15 is 0 Å². The minimum Gasteiger partial charge on any atom is -0.318 e. The first kappa shape index (κ1) is 85.0. The molecule has 0 fully saturated rings. The smallest absolute Gasteiger partial charge is 0.318 e. The summed E-state index contributed by atoms with van der Waals surface area (Å²) in [6, 6.07) is 50.0. The monoisotopic (exact) mass is 1510 g/mol. The summed E-state index contributed by atoms with van der Waals surface area (Å²) in [5, 5.41) is 14.6. The van der Waals surface area contributed by atoms with Crippen molar-refractivity contribution in [3.63, 3.8) is 0 Å². The summed E-state index contributed by atoms with van der Waals surface area (Å²) >= 11 is 0. The number of hydrogen-bond donors (Lipinski definition) is 0. The van der Waals surface area contributed by atoms with Crippen LogP contribution in [0.1, 0.15) is 296 Å². The minimum absolute atomic E-state index is 0.0695. The fourth-order valence-electron chi connectivity index (χ4n) is 16.9. The van der Waals surface area contributed by atoms with Gasteiger partial charge < -0.3 is 19.4 Å². The van der Waals surface area contributed by atoms with Gasteiger partial charge in [-0.2, -0.15) is 0 Å². The Bertz CT molecular complexity index is 5140. The van der Waals surface area contributed by atoms with E-state index in [1.165, 1.54) is 128 Å². The Balaban J connectivity index is 0.000000172. The van der Waals surface area contributed by atoms with Crippen molar-refractivity contribution in [2.24, 2.45) is 20.6 Å². The Morgan fingerprint density at radius 3 is 0.750 bits per heavy atom. The van der Waals surface area contributed by atoms with Gasteiger partial charge in [-0.25, -0.2) is 19.2 Å². The highest BCUT2D eigenvalue weighted by Gasteiger charge is 2.46. The number of carbonyl (C=O) groups is 8. The van der Waals surface area contributed by atoms with Gasteiger partial charge in [0, 0.05) is 71.6 Å². The van der Waals surface area contributed by atoms with Gasteiger partial charge in [0.2, 0.25) is 23.1 Å². The maximum atomic E-state index is 13.0. The summed E-state index contributed by atoms with van der Waals surface area (Å²) < 4.78 is 0. The van der Waals surface area contributed by atoms with E-state index in [0.717, 1.165) is 88.2 Å². The number of ketones is 4. The number of hydrogen-bond acceptors (Lipinski definition) is 16. The van der Waals surface area contributed by atoms with E-state index in [0.29, 0.717) is 22.3 Å². The first-order valence-electron chi connectivity index (χ1n) is 39.3. The third-order valence-corrected chi connectivity index (χ3v) is 22.5. The predicted octanol–water partition coefficient (Wildman–Crippen LogP) is 22.4. The van der Waals surface area contributed by atoms with Crippen LogP contribution in [0.2, 0.25) is 0 Å². The molecular formula is C96H108N4O12. The third kappa shape index (κ3) is 17.5. The van der Waals surface area contributed by atoms with Gasteiger partial charge in [0.15, 0.2) is 0 Å². The molecule has 12 rings (SSSR count). The lowest BCUT2D eigenvalue weighted by atomic mass is 9.70. The lowest BCUT2D eigenvalue weighted by Crippen LogP contribution is -2.26. The third-order valence-electron chi connectivity index (χ3n) is 22.5. The number of carbonyl (C=O) groups excluding carboxylic acids is 8. The summed E-state index contributed by atoms with van der Waals surface area (Å²) in [5.41, 5.74) is 27.6. The highest BCUT2D eigenvalue weighted by Crippen LogP contribution is 2.58. The molecule has 0 heterocycles. The van der Waals surface area contributed by atoms with Crippen molar-refractivity contribution in [3.8, 4) is 44.5 Å². The van der Waals surface area contributed by atoms with Crippen molar-refractivity contribution >= 4 is 69.9 Å². The quantitative estimate of drug-likeness (QED) is 0.0238. The number of oxime groups is 4. The van der Waals surface area contributed by atoms with Gasteiger partial charge in [-0.1, -0.05) is 258 Å². The molecule has 0 bridgehead atoms. The first-order chi connectivity index (χ1) is 53.2. The summed E-state index contributed by atoms with van der Waals surface area (Å²) in [4.78, 5) is 114. The van der Waals surface area contributed by atoms with E-state index in [9.17, 15) is 38.4 Å². The van der Waals surface area contributed by atoms with Crippen LogP contribution < -0.4 is 0 Å². The zero-order valence-corrected chi connectivity index (χ0v) is 69.0. The standard InChI is InChI=1S/C27H33NO3.C25H29NO3.C23H25NO3.C21H21NO3/c1-6-8-14-27(15-9-7-2)24-16-18(3)10-12-22(24)23-13-11-21(17-25(23)27)26(30)19(4)28-31-20(5)29;1-6-12-25(13-7-2)22-14-16(3)8-10-20(22)21-11-9-19(15-23(21)25)24(28)17(4)26-29-18(5)27;1-6-23(7-2)20-12-14(3)8-10-18(20)19-11-9-17(13-21(19)23)22(26)15(4)24-27-16(5)25;1-12-6-8-16-17-9-7-15(20(24)13(2)22-25-14(3)23)11-19(17)21(4,5)18(16)10-12/h10-13,16-17H,6-9,14-15H2,1-5H3;8-11,14-15H,6-7,12-13H2,1-5H3;8-13H,6-7H2,1-5H3;6-11H,1-5H3/b28-19+;26-17+;24-15+;22-13+. The number of unbranched alkanes of at least 4 members (excludes halogenated alkanes) is 2. The molecule has 0 aromatic heterocycles. The van der Waals surface area contributed by atoms with Crippen molar-refractivity contribution < 1.29 is 57.7 Å². The average Bonchev–Trinajstić information content (AvgIpc) is 1.60. The lowest BCUT2D eigenvalue weighted by Gasteiger charge is -2.33. The largest absolute Gasteiger partial charge is 0.331 e. The van der Waals surface area contributed by atoms with Crippen molar-refractivity contribution in [3.05, 3.63) is 235 Å². The Labute approximate surface area is 660 Å². The number of aryl methyl sites for hydroxylation is 4. The second-order valence-electron chi connectivity index (χ2n) is 30.9. The predicted molar refractivity (Wildman–Crippen MR) is 447 cm³/mol. The highest BCUT2D eigenvalue weighted by molar-refractivity contribution is 6.47. The van der Waals surface area contributed by atoms with Crippen LogP contribution in [0.25, 0.3) is 44.5 Å². The Morgan fingerprint density at radius 1 is 0.277 bits per heavy atom. The number of nitrogens with zero attached hydrogens (tertiary/aromatic N) is 4. The van der Waals surface area contributed by atoms with E-state index in [1.807, 2.05) is 48.5 Å². The van der Waals surface area contributed by atoms with Crippen molar-refractivity contribution in [2.45, 2.75) is 237 Å². The SMILES string of the molecule is CC(=O)O/N=C(\C)C(=O)c1ccc2c(c1)C(C)(C)c1cc(C)ccc1-2.CCC1(CC)c2cc(C)ccc2-c2ccc(C(=O)/C(C)=N/OC(C)=O)cc21.CCCC1(CCC)c2cc(C)ccc2-c2ccc(C(=O)/C(C)=N/OC(C)=O)cc21.CCCCC1(CCCC)c2cc(C)ccc2-c2ccc(C(=O)/C(C)=N/OC(C)=O)cc21. The number of rotatable bonds is 24. The van der Waals surface area contributed by atoms with Crippen LogP contribution >= 0.6 is 0 Å². The van der Waals surface area contributed by atoms with E-state index < -0.39 is 23.9 Å². The molecule has 584 valence electrons. The fraction of sp³-hybridized carbons (Fsp3) is 0.375. The molecule has 8 aromatic carbocycles. The number of fused-ring (bicyclic) bond motifs is 12. The molecule has 8 aromatic rings. The molecule has 0 aliphatic heterocycles. The molecule has 16 heteroatoms. The number of benzene rings is 8. The molecule has 4 aliphatic carbocycles. The van der Waals surface area contributed by atoms with Crippen LogP contribution in [-0.2, 0) is 60.2 Å².